The zero-order valence-corrected chi connectivity index (χ0v) is 17.4. The van der Waals surface area contributed by atoms with Crippen molar-refractivity contribution >= 4 is 23.4 Å². The number of nitrogens with two attached hydrogens (primary N) is 1. The van der Waals surface area contributed by atoms with Crippen molar-refractivity contribution in [3.8, 4) is 11.3 Å². The largest absolute Gasteiger partial charge is 0.416 e. The van der Waals surface area contributed by atoms with E-state index < -0.39 is 0 Å². The summed E-state index contributed by atoms with van der Waals surface area (Å²) in [4.78, 5) is 16.4. The summed E-state index contributed by atoms with van der Waals surface area (Å²) in [7, 11) is 1.90. The molecule has 0 saturated heterocycles. The zero-order chi connectivity index (χ0) is 20.5. The number of nitrogens with one attached hydrogen (secondary N) is 2. The molecule has 2 fully saturated rings. The molecule has 1 aromatic heterocycles. The van der Waals surface area contributed by atoms with Gasteiger partial charge < -0.3 is 20.0 Å². The van der Waals surface area contributed by atoms with Gasteiger partial charge in [0.2, 0.25) is 6.41 Å². The van der Waals surface area contributed by atoms with Crippen LogP contribution >= 0.6 is 0 Å². The number of benzene rings is 1. The molecule has 2 aromatic rings. The average Bonchev–Trinajstić information content (AvgIpc) is 3.66. The maximum atomic E-state index is 11.4. The Balaban J connectivity index is 1.97. The highest BCUT2D eigenvalue weighted by Gasteiger charge is 2.34. The molecule has 0 atom stereocenters. The molecule has 1 aromatic carbocycles. The average molecular weight is 395 g/mol. The van der Waals surface area contributed by atoms with Gasteiger partial charge in [0.15, 0.2) is 0 Å². The third-order valence-electron chi connectivity index (χ3n) is 6.07. The van der Waals surface area contributed by atoms with E-state index in [0.29, 0.717) is 17.7 Å². The van der Waals surface area contributed by atoms with Gasteiger partial charge in [0, 0.05) is 24.8 Å². The van der Waals surface area contributed by atoms with Crippen LogP contribution in [0.15, 0.2) is 30.2 Å². The Morgan fingerprint density at radius 2 is 2.07 bits per heavy atom. The van der Waals surface area contributed by atoms with Gasteiger partial charge in [0.05, 0.1) is 17.1 Å². The lowest BCUT2D eigenvalue weighted by Gasteiger charge is -2.21. The first-order valence-electron chi connectivity index (χ1n) is 10.5. The molecule has 0 aliphatic heterocycles. The third kappa shape index (κ3) is 3.65. The number of carbonyl (C=O) groups is 1. The van der Waals surface area contributed by atoms with Crippen LogP contribution in [0.4, 0.5) is 11.4 Å². The highest BCUT2D eigenvalue weighted by atomic mass is 16.6. The van der Waals surface area contributed by atoms with Crippen molar-refractivity contribution < 1.29 is 9.63 Å². The van der Waals surface area contributed by atoms with Crippen LogP contribution in [0.3, 0.4) is 0 Å². The van der Waals surface area contributed by atoms with Crippen molar-refractivity contribution in [1.82, 2.24) is 4.57 Å². The number of rotatable bonds is 9. The summed E-state index contributed by atoms with van der Waals surface area (Å²) in [6, 6.07) is 7.06. The molecule has 154 valence electrons. The monoisotopic (exact) mass is 394 g/mol. The van der Waals surface area contributed by atoms with Crippen LogP contribution in [0.25, 0.3) is 16.8 Å². The lowest BCUT2D eigenvalue weighted by Crippen LogP contribution is -2.07. The van der Waals surface area contributed by atoms with E-state index >= 15 is 0 Å². The molecule has 29 heavy (non-hydrogen) atoms. The van der Waals surface area contributed by atoms with Crippen LogP contribution in [-0.2, 0) is 9.63 Å². The fraction of sp³-hybridized carbons (Fsp3) is 0.435. The highest BCUT2D eigenvalue weighted by molar-refractivity contribution is 5.94. The number of anilines is 2. The van der Waals surface area contributed by atoms with E-state index in [4.69, 9.17) is 10.7 Å². The smallest absolute Gasteiger partial charge is 0.211 e. The Bertz CT molecular complexity index is 923. The fourth-order valence-corrected chi connectivity index (χ4v) is 4.32. The van der Waals surface area contributed by atoms with E-state index in [1.165, 1.54) is 36.9 Å². The van der Waals surface area contributed by atoms with Crippen molar-refractivity contribution in [2.75, 3.05) is 17.7 Å². The number of hydrogen-bond acceptors (Lipinski definition) is 4. The molecule has 1 amide bonds. The first-order valence-corrected chi connectivity index (χ1v) is 10.5. The topological polar surface area (TPSA) is 81.3 Å². The van der Waals surface area contributed by atoms with Gasteiger partial charge in [-0.2, -0.15) is 5.90 Å². The molecular weight excluding hydrogens is 364 g/mol. The van der Waals surface area contributed by atoms with Crippen LogP contribution in [0, 0.1) is 0 Å². The van der Waals surface area contributed by atoms with Gasteiger partial charge in [-0.05, 0) is 79.8 Å². The number of hydrogen-bond donors (Lipinski definition) is 3. The lowest BCUT2D eigenvalue weighted by molar-refractivity contribution is -0.105. The standard InChI is InChI=1S/C23H30N4O2/c1-4-18(14(2)29-24)16-11-20(22(25-3)21(12-16)26-13-28)23-19(15-5-6-15)9-10-27(23)17-7-8-17/h9-13,15,17,25H,4-8,24H2,1-3H3,(H,26,28)/b18-14+. The van der Waals surface area contributed by atoms with Crippen LogP contribution in [-0.4, -0.2) is 18.0 Å². The number of aromatic nitrogens is 1. The van der Waals surface area contributed by atoms with Crippen molar-refractivity contribution in [1.29, 1.82) is 0 Å². The van der Waals surface area contributed by atoms with E-state index in [2.05, 4.69) is 40.5 Å². The van der Waals surface area contributed by atoms with E-state index in [1.54, 1.807) is 0 Å². The molecule has 4 rings (SSSR count). The fourth-order valence-electron chi connectivity index (χ4n) is 4.32. The molecule has 4 N–H and O–H groups in total. The van der Waals surface area contributed by atoms with Crippen molar-refractivity contribution in [2.24, 2.45) is 5.90 Å². The summed E-state index contributed by atoms with van der Waals surface area (Å²) in [5, 5.41) is 6.22. The molecule has 6 heteroatoms. The minimum atomic E-state index is 0.573. The summed E-state index contributed by atoms with van der Waals surface area (Å²) in [5.41, 5.74) is 7.54. The molecule has 0 unspecified atom stereocenters. The van der Waals surface area contributed by atoms with E-state index in [9.17, 15) is 4.79 Å². The van der Waals surface area contributed by atoms with Gasteiger partial charge in [-0.3, -0.25) is 4.79 Å². The van der Waals surface area contributed by atoms with Gasteiger partial charge in [0.25, 0.3) is 0 Å². The predicted molar refractivity (Wildman–Crippen MR) is 118 cm³/mol. The second-order valence-corrected chi connectivity index (χ2v) is 8.00. The maximum absolute atomic E-state index is 11.4. The molecule has 1 heterocycles. The second-order valence-electron chi connectivity index (χ2n) is 8.00. The Morgan fingerprint density at radius 1 is 1.31 bits per heavy atom. The summed E-state index contributed by atoms with van der Waals surface area (Å²) in [6.45, 7) is 3.96. The first kappa shape index (κ1) is 19.6. The molecule has 2 aliphatic carbocycles. The maximum Gasteiger partial charge on any atom is 0.211 e. The molecule has 0 spiro atoms. The Morgan fingerprint density at radius 3 is 2.62 bits per heavy atom. The van der Waals surface area contributed by atoms with Gasteiger partial charge >= 0.3 is 0 Å². The summed E-state index contributed by atoms with van der Waals surface area (Å²) < 4.78 is 2.43. The Labute approximate surface area is 172 Å². The number of nitrogens with zero attached hydrogens (tertiary/aromatic N) is 1. The normalized spacial score (nSPS) is 17.0. The van der Waals surface area contributed by atoms with Crippen LogP contribution in [0.1, 0.15) is 69.0 Å². The molecule has 2 saturated carbocycles. The quantitative estimate of drug-likeness (QED) is 0.317. The van der Waals surface area contributed by atoms with Gasteiger partial charge in [0.1, 0.15) is 5.76 Å². The SMILES string of the molecule is CC/C(=C(/C)ON)c1cc(NC=O)c(NC)c(-c2c(C3CC3)ccn2C2CC2)c1. The summed E-state index contributed by atoms with van der Waals surface area (Å²) in [6.07, 6.45) is 8.69. The Kier molecular flexibility index (Phi) is 5.37. The Hall–Kier alpha value is -2.73. The molecule has 0 radical (unpaired) electrons. The van der Waals surface area contributed by atoms with Crippen LogP contribution in [0.2, 0.25) is 0 Å². The van der Waals surface area contributed by atoms with Crippen molar-refractivity contribution in [3.63, 3.8) is 0 Å². The van der Waals surface area contributed by atoms with Crippen molar-refractivity contribution in [2.45, 2.75) is 57.9 Å². The van der Waals surface area contributed by atoms with Gasteiger partial charge in [-0.25, -0.2) is 0 Å². The molecular formula is C23H30N4O2. The van der Waals surface area contributed by atoms with E-state index in [-0.39, 0.29) is 0 Å². The summed E-state index contributed by atoms with van der Waals surface area (Å²) >= 11 is 0. The summed E-state index contributed by atoms with van der Waals surface area (Å²) in [5.74, 6) is 6.79. The van der Waals surface area contributed by atoms with Gasteiger partial charge in [-0.15, -0.1) is 0 Å². The number of amides is 1. The molecule has 0 bridgehead atoms. The number of carbonyl (C=O) groups excluding carboxylic acids is 1. The first-order chi connectivity index (χ1) is 14.1. The van der Waals surface area contributed by atoms with Crippen LogP contribution < -0.4 is 16.5 Å². The second kappa shape index (κ2) is 7.95. The zero-order valence-electron chi connectivity index (χ0n) is 17.4. The van der Waals surface area contributed by atoms with Gasteiger partial charge in [-0.1, -0.05) is 6.92 Å². The molecule has 6 nitrogen and oxygen atoms in total. The highest BCUT2D eigenvalue weighted by Crippen LogP contribution is 2.50. The minimum Gasteiger partial charge on any atom is -0.416 e. The van der Waals surface area contributed by atoms with Crippen molar-refractivity contribution in [3.05, 3.63) is 41.3 Å². The van der Waals surface area contributed by atoms with Crippen LogP contribution in [0.5, 0.6) is 0 Å². The molecule has 2 aliphatic rings. The third-order valence-corrected chi connectivity index (χ3v) is 6.07. The lowest BCUT2D eigenvalue weighted by atomic mass is 9.94. The minimum absolute atomic E-state index is 0.573. The predicted octanol–water partition coefficient (Wildman–Crippen LogP) is 5.01. The van der Waals surface area contributed by atoms with E-state index in [1.807, 2.05) is 20.0 Å². The number of allylic oxidation sites excluding steroid dienone is 2. The van der Waals surface area contributed by atoms with E-state index in [0.717, 1.165) is 40.9 Å².